The van der Waals surface area contributed by atoms with Crippen LogP contribution in [0.3, 0.4) is 0 Å². The van der Waals surface area contributed by atoms with Crippen molar-refractivity contribution in [2.75, 3.05) is 19.6 Å². The van der Waals surface area contributed by atoms with E-state index in [9.17, 15) is 5.11 Å². The van der Waals surface area contributed by atoms with E-state index in [1.807, 2.05) is 12.4 Å². The van der Waals surface area contributed by atoms with Crippen LogP contribution in [0.2, 0.25) is 0 Å². The molecule has 0 saturated carbocycles. The summed E-state index contributed by atoms with van der Waals surface area (Å²) in [6.07, 6.45) is 13.2. The molecule has 5 rings (SSSR count). The molecule has 2 atom stereocenters. The SMILES string of the molecule is CC1CCC=C/C(CN2CCC(O)C2)=C\C1=Nc1nc2ccc(-c3cn[nH]c3)cc2s1. The van der Waals surface area contributed by atoms with Gasteiger partial charge in [-0.2, -0.15) is 5.10 Å². The third kappa shape index (κ3) is 4.69. The van der Waals surface area contributed by atoms with Crippen LogP contribution in [0, 0.1) is 5.92 Å². The Labute approximate surface area is 186 Å². The highest BCUT2D eigenvalue weighted by Crippen LogP contribution is 2.32. The molecule has 31 heavy (non-hydrogen) atoms. The Morgan fingerprint density at radius 1 is 1.29 bits per heavy atom. The minimum Gasteiger partial charge on any atom is -0.392 e. The fourth-order valence-corrected chi connectivity index (χ4v) is 5.12. The molecule has 0 spiro atoms. The van der Waals surface area contributed by atoms with Gasteiger partial charge in [-0.15, -0.1) is 0 Å². The first-order valence-electron chi connectivity index (χ1n) is 10.9. The summed E-state index contributed by atoms with van der Waals surface area (Å²) in [5.74, 6) is 0.373. The van der Waals surface area contributed by atoms with E-state index < -0.39 is 0 Å². The summed E-state index contributed by atoms with van der Waals surface area (Å²) in [4.78, 5) is 12.1. The second-order valence-corrected chi connectivity index (χ2v) is 9.49. The molecule has 1 aromatic carbocycles. The van der Waals surface area contributed by atoms with Crippen LogP contribution < -0.4 is 0 Å². The molecule has 0 bridgehead atoms. The summed E-state index contributed by atoms with van der Waals surface area (Å²) in [6.45, 7) is 4.80. The largest absolute Gasteiger partial charge is 0.392 e. The van der Waals surface area contributed by atoms with Crippen LogP contribution in [0.25, 0.3) is 21.3 Å². The highest BCUT2D eigenvalue weighted by molar-refractivity contribution is 7.22. The molecule has 3 aromatic rings. The number of fused-ring (bicyclic) bond motifs is 1. The molecular weight excluding hydrogens is 406 g/mol. The molecule has 160 valence electrons. The molecule has 0 amide bonds. The maximum atomic E-state index is 9.85. The van der Waals surface area contributed by atoms with Crippen molar-refractivity contribution in [1.29, 1.82) is 0 Å². The Morgan fingerprint density at radius 2 is 2.23 bits per heavy atom. The average Bonchev–Trinajstić information content (AvgIpc) is 3.49. The summed E-state index contributed by atoms with van der Waals surface area (Å²) in [5, 5.41) is 17.6. The van der Waals surface area contributed by atoms with Crippen molar-refractivity contribution in [3.63, 3.8) is 0 Å². The van der Waals surface area contributed by atoms with E-state index in [2.05, 4.69) is 58.4 Å². The van der Waals surface area contributed by atoms with Crippen molar-refractivity contribution in [2.45, 2.75) is 32.3 Å². The highest BCUT2D eigenvalue weighted by atomic mass is 32.1. The molecule has 6 nitrogen and oxygen atoms in total. The topological polar surface area (TPSA) is 77.4 Å². The fourth-order valence-electron chi connectivity index (χ4n) is 4.22. The third-order valence-electron chi connectivity index (χ3n) is 6.02. The summed E-state index contributed by atoms with van der Waals surface area (Å²) >= 11 is 1.63. The van der Waals surface area contributed by atoms with E-state index in [-0.39, 0.29) is 6.10 Å². The lowest BCUT2D eigenvalue weighted by atomic mass is 9.94. The molecule has 2 aliphatic rings. The molecule has 1 saturated heterocycles. The first-order valence-corrected chi connectivity index (χ1v) is 11.7. The smallest absolute Gasteiger partial charge is 0.210 e. The number of thiazole rings is 1. The Morgan fingerprint density at radius 3 is 3.03 bits per heavy atom. The number of β-amino-alcohol motifs (C(OH)–C–C–N with tert-alkyl or cyclic N) is 1. The van der Waals surface area contributed by atoms with E-state index in [0.717, 1.165) is 71.1 Å². The van der Waals surface area contributed by atoms with E-state index in [0.29, 0.717) is 5.92 Å². The number of aliphatic imine (C=N–C) groups is 1. The number of allylic oxidation sites excluding steroid dienone is 2. The normalized spacial score (nSPS) is 25.6. The van der Waals surface area contributed by atoms with E-state index in [1.165, 1.54) is 5.57 Å². The molecule has 3 heterocycles. The number of likely N-dealkylation sites (tertiary alicyclic amines) is 1. The van der Waals surface area contributed by atoms with E-state index in [1.54, 1.807) is 11.3 Å². The van der Waals surface area contributed by atoms with Crippen LogP contribution in [0.15, 0.2) is 59.4 Å². The van der Waals surface area contributed by atoms with Crippen molar-refractivity contribution >= 4 is 32.4 Å². The Kier molecular flexibility index (Phi) is 5.80. The van der Waals surface area contributed by atoms with Crippen molar-refractivity contribution in [1.82, 2.24) is 20.1 Å². The maximum absolute atomic E-state index is 9.85. The van der Waals surface area contributed by atoms with Crippen molar-refractivity contribution in [3.8, 4) is 11.1 Å². The van der Waals surface area contributed by atoms with Gasteiger partial charge in [-0.05, 0) is 54.5 Å². The minimum absolute atomic E-state index is 0.195. The summed E-state index contributed by atoms with van der Waals surface area (Å²) < 4.78 is 1.13. The maximum Gasteiger partial charge on any atom is 0.210 e. The molecule has 2 unspecified atom stereocenters. The van der Waals surface area contributed by atoms with Gasteiger partial charge >= 0.3 is 0 Å². The second-order valence-electron chi connectivity index (χ2n) is 8.48. The van der Waals surface area contributed by atoms with E-state index >= 15 is 0 Å². The van der Waals surface area contributed by atoms with Gasteiger partial charge in [0.25, 0.3) is 0 Å². The second kappa shape index (κ2) is 8.86. The van der Waals surface area contributed by atoms with Gasteiger partial charge in [0.1, 0.15) is 0 Å². The van der Waals surface area contributed by atoms with Crippen LogP contribution in [0.4, 0.5) is 5.13 Å². The molecule has 1 fully saturated rings. The highest BCUT2D eigenvalue weighted by Gasteiger charge is 2.21. The molecule has 7 heteroatoms. The van der Waals surface area contributed by atoms with Crippen LogP contribution in [-0.4, -0.2) is 56.6 Å². The molecule has 1 aliphatic heterocycles. The summed E-state index contributed by atoms with van der Waals surface area (Å²) in [6, 6.07) is 6.30. The lowest BCUT2D eigenvalue weighted by molar-refractivity contribution is 0.179. The van der Waals surface area contributed by atoms with Gasteiger partial charge in [-0.3, -0.25) is 10.00 Å². The zero-order valence-corrected chi connectivity index (χ0v) is 18.5. The van der Waals surface area contributed by atoms with Gasteiger partial charge in [-0.1, -0.05) is 36.5 Å². The minimum atomic E-state index is -0.195. The zero-order chi connectivity index (χ0) is 21.2. The van der Waals surface area contributed by atoms with Gasteiger partial charge < -0.3 is 5.11 Å². The molecular formula is C24H27N5OS. The van der Waals surface area contributed by atoms with Crippen LogP contribution in [0.1, 0.15) is 26.2 Å². The summed E-state index contributed by atoms with van der Waals surface area (Å²) in [5.41, 5.74) is 5.52. The number of benzene rings is 1. The first-order chi connectivity index (χ1) is 15.1. The number of nitrogens with one attached hydrogen (secondary N) is 1. The van der Waals surface area contributed by atoms with Crippen LogP contribution in [-0.2, 0) is 0 Å². The van der Waals surface area contributed by atoms with Gasteiger partial charge in [0.2, 0.25) is 5.13 Å². The summed E-state index contributed by atoms with van der Waals surface area (Å²) in [7, 11) is 0. The van der Waals surface area contributed by atoms with Crippen LogP contribution >= 0.6 is 11.3 Å². The Bertz CT molecular complexity index is 1140. The van der Waals surface area contributed by atoms with E-state index in [4.69, 9.17) is 9.98 Å². The van der Waals surface area contributed by atoms with Gasteiger partial charge in [0.15, 0.2) is 0 Å². The predicted octanol–water partition coefficient (Wildman–Crippen LogP) is 4.74. The number of nitrogens with zero attached hydrogens (tertiary/aromatic N) is 4. The van der Waals surface area contributed by atoms with Gasteiger partial charge in [0, 0.05) is 37.1 Å². The van der Waals surface area contributed by atoms with Crippen LogP contribution in [0.5, 0.6) is 0 Å². The number of hydrogen-bond donors (Lipinski definition) is 2. The molecule has 0 radical (unpaired) electrons. The average molecular weight is 434 g/mol. The molecule has 2 aromatic heterocycles. The number of hydrogen-bond acceptors (Lipinski definition) is 6. The number of aliphatic hydroxyl groups is 1. The quantitative estimate of drug-likeness (QED) is 0.623. The number of aromatic amines is 1. The van der Waals surface area contributed by atoms with Gasteiger partial charge in [-0.25, -0.2) is 9.98 Å². The number of aromatic nitrogens is 3. The Hall–Kier alpha value is -2.61. The van der Waals surface area contributed by atoms with Gasteiger partial charge in [0.05, 0.1) is 22.5 Å². The lowest BCUT2D eigenvalue weighted by Crippen LogP contribution is -2.25. The predicted molar refractivity (Wildman–Crippen MR) is 127 cm³/mol. The lowest BCUT2D eigenvalue weighted by Gasteiger charge is -2.19. The number of aliphatic hydroxyl groups excluding tert-OH is 1. The zero-order valence-electron chi connectivity index (χ0n) is 17.7. The monoisotopic (exact) mass is 433 g/mol. The van der Waals surface area contributed by atoms with Crippen molar-refractivity contribution in [3.05, 3.63) is 54.4 Å². The molecule has 1 aliphatic carbocycles. The first kappa shape index (κ1) is 20.3. The standard InChI is InChI=1S/C24H27N5OS/c1-16-4-2-3-5-17(14-29-9-8-20(30)15-29)10-22(16)28-24-27-21-7-6-18(11-23(21)31-24)19-12-25-26-13-19/h3,5-7,10-13,16,20,30H,2,4,8-9,14-15H2,1H3,(H,25,26)/b5-3?,17-10+,28-22?. The fraction of sp³-hybridized carbons (Fsp3) is 0.375. The van der Waals surface area contributed by atoms with Crippen molar-refractivity contribution < 1.29 is 5.11 Å². The molecule has 2 N–H and O–H groups in total. The number of H-pyrrole nitrogens is 1. The Balaban J connectivity index is 1.44. The number of rotatable bonds is 4. The third-order valence-corrected chi connectivity index (χ3v) is 6.94. The van der Waals surface area contributed by atoms with Crippen molar-refractivity contribution in [2.24, 2.45) is 10.9 Å².